The molecule has 0 unspecified atom stereocenters. The van der Waals surface area contributed by atoms with Gasteiger partial charge in [0.1, 0.15) is 34.5 Å². The maximum absolute atomic E-state index is 14.7. The quantitative estimate of drug-likeness (QED) is 0.177. The van der Waals surface area contributed by atoms with Crippen molar-refractivity contribution in [3.8, 4) is 17.1 Å². The van der Waals surface area contributed by atoms with Crippen LogP contribution in [-0.4, -0.2) is 47.9 Å². The second-order valence-electron chi connectivity index (χ2n) is 8.98. The average molecular weight is 577 g/mol. The monoisotopic (exact) mass is 576 g/mol. The van der Waals surface area contributed by atoms with Gasteiger partial charge in [0.2, 0.25) is 0 Å². The number of alkyl halides is 3. The Kier molecular flexibility index (Phi) is 8.45. The van der Waals surface area contributed by atoms with Gasteiger partial charge in [-0.3, -0.25) is 4.79 Å². The largest absolute Gasteiger partial charge is 0.573 e. The molecule has 2 aromatic carbocycles. The zero-order valence-electron chi connectivity index (χ0n) is 22.4. The van der Waals surface area contributed by atoms with E-state index in [4.69, 9.17) is 9.47 Å². The maximum atomic E-state index is 14.7. The first-order valence-electron chi connectivity index (χ1n) is 12.1. The molecule has 0 spiro atoms. The molecule has 1 aliphatic rings. The van der Waals surface area contributed by atoms with E-state index >= 15 is 0 Å². The lowest BCUT2D eigenvalue weighted by Crippen LogP contribution is -2.26. The molecular weight excluding hydrogens is 551 g/mol. The number of hydrogen-bond acceptors (Lipinski definition) is 7. The number of hydrogen-bond donors (Lipinski definition) is 1. The highest BCUT2D eigenvalue weighted by Crippen LogP contribution is 2.34. The van der Waals surface area contributed by atoms with Gasteiger partial charge in [-0.15, -0.1) is 13.2 Å². The molecule has 2 heterocycles. The molecule has 216 valence electrons. The van der Waals surface area contributed by atoms with Crippen LogP contribution in [0.5, 0.6) is 5.75 Å². The van der Waals surface area contributed by atoms with E-state index in [1.54, 1.807) is 19.9 Å². The molecule has 0 atom stereocenters. The van der Waals surface area contributed by atoms with Crippen molar-refractivity contribution < 1.29 is 41.0 Å². The zero-order chi connectivity index (χ0) is 29.9. The molecule has 8 nitrogen and oxygen atoms in total. The Labute approximate surface area is 232 Å². The van der Waals surface area contributed by atoms with Crippen molar-refractivity contribution in [3.63, 3.8) is 0 Å². The number of fused-ring (bicyclic) bond motifs is 1. The Morgan fingerprint density at radius 1 is 1.00 bits per heavy atom. The van der Waals surface area contributed by atoms with Crippen LogP contribution in [-0.2, 0) is 16.0 Å². The Bertz CT molecular complexity index is 1500. The summed E-state index contributed by atoms with van der Waals surface area (Å²) in [6.07, 6.45) is -3.20. The lowest BCUT2D eigenvalue weighted by Gasteiger charge is -2.17. The number of halogens is 5. The van der Waals surface area contributed by atoms with Gasteiger partial charge in [-0.05, 0) is 55.8 Å². The highest BCUT2D eigenvalue weighted by atomic mass is 19.4. The van der Waals surface area contributed by atoms with Gasteiger partial charge in [-0.25, -0.2) is 18.7 Å². The Morgan fingerprint density at radius 3 is 2.24 bits per heavy atom. The Morgan fingerprint density at radius 2 is 1.66 bits per heavy atom. The molecule has 0 bridgehead atoms. The van der Waals surface area contributed by atoms with Crippen LogP contribution >= 0.6 is 0 Å². The summed E-state index contributed by atoms with van der Waals surface area (Å²) in [4.78, 5) is 23.6. The average Bonchev–Trinajstić information content (AvgIpc) is 3.22. The molecule has 1 aliphatic heterocycles. The van der Waals surface area contributed by atoms with Gasteiger partial charge in [0.25, 0.3) is 5.91 Å². The number of benzene rings is 2. The summed E-state index contributed by atoms with van der Waals surface area (Å²) in [6.45, 7) is 3.62. The van der Waals surface area contributed by atoms with Gasteiger partial charge in [0.15, 0.2) is 5.82 Å². The number of aromatic nitrogens is 2. The third-order valence-electron chi connectivity index (χ3n) is 6.09. The van der Waals surface area contributed by atoms with Crippen LogP contribution < -0.4 is 10.1 Å². The molecular formula is C28H25F5N4O4. The SMILES string of the molecule is COC(/C=C(\C)OC)=C(/C)CN1Cc2nc(-c3c(F)cccc3F)nc(Nc3ccc(OC(F)(F)F)cc3)c2C1=O. The zero-order valence-corrected chi connectivity index (χ0v) is 22.4. The van der Waals surface area contributed by atoms with E-state index in [1.165, 1.54) is 37.3 Å². The van der Waals surface area contributed by atoms with Gasteiger partial charge in [0.05, 0.1) is 37.8 Å². The van der Waals surface area contributed by atoms with Crippen molar-refractivity contribution in [1.82, 2.24) is 14.9 Å². The molecule has 0 saturated heterocycles. The molecule has 0 radical (unpaired) electrons. The number of methoxy groups -OCH3 is 2. The third-order valence-corrected chi connectivity index (χ3v) is 6.09. The number of rotatable bonds is 9. The minimum atomic E-state index is -4.87. The lowest BCUT2D eigenvalue weighted by atomic mass is 10.1. The van der Waals surface area contributed by atoms with E-state index in [0.29, 0.717) is 17.1 Å². The van der Waals surface area contributed by atoms with Crippen LogP contribution in [0.25, 0.3) is 11.4 Å². The van der Waals surface area contributed by atoms with E-state index in [2.05, 4.69) is 20.0 Å². The van der Waals surface area contributed by atoms with E-state index in [9.17, 15) is 26.7 Å². The number of nitrogens with one attached hydrogen (secondary N) is 1. The predicted octanol–water partition coefficient (Wildman–Crippen LogP) is 6.49. The normalized spacial score (nSPS) is 14.0. The summed E-state index contributed by atoms with van der Waals surface area (Å²) >= 11 is 0. The molecule has 4 rings (SSSR count). The number of nitrogens with zero attached hydrogens (tertiary/aromatic N) is 3. The molecule has 3 aromatic rings. The molecule has 0 fully saturated rings. The van der Waals surface area contributed by atoms with Gasteiger partial charge in [0, 0.05) is 18.3 Å². The second-order valence-corrected chi connectivity index (χ2v) is 8.98. The van der Waals surface area contributed by atoms with E-state index in [-0.39, 0.29) is 41.7 Å². The summed E-state index contributed by atoms with van der Waals surface area (Å²) in [6, 6.07) is 7.98. The van der Waals surface area contributed by atoms with Crippen molar-refractivity contribution in [2.75, 3.05) is 26.1 Å². The topological polar surface area (TPSA) is 85.8 Å². The van der Waals surface area contributed by atoms with E-state index in [1.807, 2.05) is 0 Å². The number of carbonyl (C=O) groups is 1. The van der Waals surface area contributed by atoms with Gasteiger partial charge in [-0.2, -0.15) is 0 Å². The van der Waals surface area contributed by atoms with E-state index in [0.717, 1.165) is 24.3 Å². The summed E-state index contributed by atoms with van der Waals surface area (Å²) in [7, 11) is 2.99. The standard InChI is InChI=1S/C28H25F5N4O4/c1-15(22(40-4)12-16(2)39-3)13-37-14-21-24(27(37)38)26(34-17-8-10-18(11-9-17)41-28(31,32)33)36-25(35-21)23-19(29)6-5-7-20(23)30/h5-12H,13-14H2,1-4H3,(H,34,35,36)/b16-12+,22-15-. The number of carbonyl (C=O) groups excluding carboxylic acids is 1. The van der Waals surface area contributed by atoms with Gasteiger partial charge >= 0.3 is 6.36 Å². The van der Waals surface area contributed by atoms with Crippen LogP contribution in [0.2, 0.25) is 0 Å². The van der Waals surface area contributed by atoms with Crippen molar-refractivity contribution in [1.29, 1.82) is 0 Å². The lowest BCUT2D eigenvalue weighted by molar-refractivity contribution is -0.274. The summed E-state index contributed by atoms with van der Waals surface area (Å²) in [5.41, 5.74) is 0.697. The highest BCUT2D eigenvalue weighted by molar-refractivity contribution is 6.03. The summed E-state index contributed by atoms with van der Waals surface area (Å²) in [5.74, 6) is -2.07. The van der Waals surface area contributed by atoms with Crippen molar-refractivity contribution in [3.05, 3.63) is 88.5 Å². The summed E-state index contributed by atoms with van der Waals surface area (Å²) < 4.78 is 81.5. The van der Waals surface area contributed by atoms with Crippen molar-refractivity contribution in [2.24, 2.45) is 0 Å². The van der Waals surface area contributed by atoms with Crippen LogP contribution in [0.1, 0.15) is 29.9 Å². The third kappa shape index (κ3) is 6.73. The van der Waals surface area contributed by atoms with Crippen molar-refractivity contribution in [2.45, 2.75) is 26.8 Å². The van der Waals surface area contributed by atoms with Crippen LogP contribution in [0.3, 0.4) is 0 Å². The minimum Gasteiger partial charge on any atom is -0.501 e. The predicted molar refractivity (Wildman–Crippen MR) is 139 cm³/mol. The molecule has 1 amide bonds. The smallest absolute Gasteiger partial charge is 0.501 e. The second kappa shape index (κ2) is 11.8. The molecule has 1 aromatic heterocycles. The molecule has 0 aliphatic carbocycles. The molecule has 41 heavy (non-hydrogen) atoms. The number of amides is 1. The maximum Gasteiger partial charge on any atom is 0.573 e. The first kappa shape index (κ1) is 29.3. The Hall–Kier alpha value is -4.68. The summed E-state index contributed by atoms with van der Waals surface area (Å²) in [5, 5.41) is 2.87. The number of allylic oxidation sites excluding steroid dienone is 2. The van der Waals surface area contributed by atoms with Crippen LogP contribution in [0.4, 0.5) is 33.5 Å². The molecule has 13 heteroatoms. The Balaban J connectivity index is 1.74. The highest BCUT2D eigenvalue weighted by Gasteiger charge is 2.35. The molecule has 0 saturated carbocycles. The van der Waals surface area contributed by atoms with Crippen molar-refractivity contribution >= 4 is 17.4 Å². The minimum absolute atomic E-state index is 0.00585. The van der Waals surface area contributed by atoms with Gasteiger partial charge < -0.3 is 24.4 Å². The van der Waals surface area contributed by atoms with Crippen LogP contribution in [0, 0.1) is 11.6 Å². The van der Waals surface area contributed by atoms with Gasteiger partial charge in [-0.1, -0.05) is 6.07 Å². The first-order valence-corrected chi connectivity index (χ1v) is 12.1. The fourth-order valence-corrected chi connectivity index (χ4v) is 4.14. The molecule has 1 N–H and O–H groups in total. The number of anilines is 2. The first-order chi connectivity index (χ1) is 19.4. The van der Waals surface area contributed by atoms with E-state index < -0.39 is 35.2 Å². The fraction of sp³-hybridized carbons (Fsp3) is 0.250. The number of ether oxygens (including phenoxy) is 3. The fourth-order valence-electron chi connectivity index (χ4n) is 4.14. The van der Waals surface area contributed by atoms with Crippen LogP contribution in [0.15, 0.2) is 65.6 Å².